The Morgan fingerprint density at radius 2 is 1.92 bits per heavy atom. The number of aryl methyl sites for hydroxylation is 2. The fraction of sp³-hybridized carbons (Fsp3) is 0.333. The smallest absolute Gasteiger partial charge is 0.338 e. The topological polar surface area (TPSA) is 95.3 Å². The van der Waals surface area contributed by atoms with E-state index in [1.54, 1.807) is 39.2 Å². The van der Waals surface area contributed by atoms with Crippen LogP contribution < -0.4 is 10.1 Å². The molecule has 1 N–H and O–H groups in total. The van der Waals surface area contributed by atoms with Gasteiger partial charge in [-0.15, -0.1) is 16.8 Å². The van der Waals surface area contributed by atoms with Crippen molar-refractivity contribution in [3.63, 3.8) is 0 Å². The molecule has 0 fully saturated rings. The monoisotopic (exact) mass is 542 g/mol. The maximum Gasteiger partial charge on any atom is 0.338 e. The minimum atomic E-state index is -0.478. The van der Waals surface area contributed by atoms with E-state index in [2.05, 4.69) is 34.2 Å². The molecular weight excluding hydrogens is 512 g/mol. The lowest BCUT2D eigenvalue weighted by atomic mass is 10.1. The van der Waals surface area contributed by atoms with E-state index in [1.807, 2.05) is 16.7 Å². The maximum absolute atomic E-state index is 12.7. The summed E-state index contributed by atoms with van der Waals surface area (Å²) in [6, 6.07) is 12.7. The van der Waals surface area contributed by atoms with Crippen molar-refractivity contribution in [1.82, 2.24) is 14.8 Å². The van der Waals surface area contributed by atoms with Crippen LogP contribution in [0.5, 0.6) is 5.75 Å². The van der Waals surface area contributed by atoms with Crippen molar-refractivity contribution in [2.75, 3.05) is 18.2 Å². The van der Waals surface area contributed by atoms with Gasteiger partial charge in [-0.3, -0.25) is 4.79 Å². The Kier molecular flexibility index (Phi) is 10.6. The summed E-state index contributed by atoms with van der Waals surface area (Å²) in [6.07, 6.45) is 4.08. The number of nitrogens with zero attached hydrogens (tertiary/aromatic N) is 3. The third-order valence-corrected chi connectivity index (χ3v) is 6.58. The Hall–Kier alpha value is -3.30. The quantitative estimate of drug-likeness (QED) is 0.171. The molecule has 3 aromatic rings. The van der Waals surface area contributed by atoms with E-state index in [9.17, 15) is 9.59 Å². The number of hydrogen-bond donors (Lipinski definition) is 1. The lowest BCUT2D eigenvalue weighted by Gasteiger charge is -2.11. The number of ether oxygens (including phenoxy) is 2. The zero-order valence-electron chi connectivity index (χ0n) is 21.2. The molecule has 2 aromatic carbocycles. The van der Waals surface area contributed by atoms with Crippen LogP contribution in [-0.2, 0) is 28.9 Å². The molecule has 37 heavy (non-hydrogen) atoms. The van der Waals surface area contributed by atoms with Crippen molar-refractivity contribution in [2.24, 2.45) is 0 Å². The van der Waals surface area contributed by atoms with Crippen LogP contribution in [0.2, 0.25) is 5.02 Å². The number of carbonyl (C=O) groups is 2. The van der Waals surface area contributed by atoms with E-state index >= 15 is 0 Å². The van der Waals surface area contributed by atoms with Crippen molar-refractivity contribution in [3.8, 4) is 5.75 Å². The highest BCUT2D eigenvalue weighted by atomic mass is 35.5. The van der Waals surface area contributed by atoms with Crippen LogP contribution >= 0.6 is 23.4 Å². The largest absolute Gasteiger partial charge is 0.497 e. The standard InChI is InChI=1S/C27H31ClN4O4S/c1-5-15-32-24(8-6-7-19-9-12-21(35-4)13-10-19)30-31-27(32)37-17-25(33)29-23-16-20(11-14-22(23)28)26(34)36-18(2)3/h5,9-14,16,18H,1,6-8,15,17H2,2-4H3,(H,29,33). The number of benzene rings is 2. The van der Waals surface area contributed by atoms with Gasteiger partial charge in [0.25, 0.3) is 0 Å². The van der Waals surface area contributed by atoms with Gasteiger partial charge in [0.05, 0.1) is 35.2 Å². The number of rotatable bonds is 13. The molecule has 0 aliphatic rings. The highest BCUT2D eigenvalue weighted by Gasteiger charge is 2.16. The van der Waals surface area contributed by atoms with Crippen molar-refractivity contribution in [3.05, 3.63) is 77.1 Å². The van der Waals surface area contributed by atoms with Crippen LogP contribution in [-0.4, -0.2) is 45.6 Å². The molecule has 3 rings (SSSR count). The number of amides is 1. The van der Waals surface area contributed by atoms with E-state index in [4.69, 9.17) is 21.1 Å². The second-order valence-electron chi connectivity index (χ2n) is 8.49. The molecule has 0 aliphatic heterocycles. The zero-order chi connectivity index (χ0) is 26.8. The van der Waals surface area contributed by atoms with Gasteiger partial charge in [0.1, 0.15) is 11.6 Å². The molecule has 0 unspecified atom stereocenters. The maximum atomic E-state index is 12.7. The SMILES string of the molecule is C=CCn1c(CCCc2ccc(OC)cc2)nnc1SCC(=O)Nc1cc(C(=O)OC(C)C)ccc1Cl. The van der Waals surface area contributed by atoms with Gasteiger partial charge < -0.3 is 19.4 Å². The van der Waals surface area contributed by atoms with Crippen LogP contribution in [0.1, 0.15) is 42.0 Å². The van der Waals surface area contributed by atoms with E-state index in [-0.39, 0.29) is 17.8 Å². The predicted octanol–water partition coefficient (Wildman–Crippen LogP) is 5.60. The van der Waals surface area contributed by atoms with Gasteiger partial charge in [0.2, 0.25) is 5.91 Å². The Morgan fingerprint density at radius 1 is 1.16 bits per heavy atom. The summed E-state index contributed by atoms with van der Waals surface area (Å²) < 4.78 is 12.4. The Balaban J connectivity index is 1.58. The van der Waals surface area contributed by atoms with Crippen LogP contribution in [0.3, 0.4) is 0 Å². The molecule has 1 heterocycles. The summed E-state index contributed by atoms with van der Waals surface area (Å²) >= 11 is 7.50. The molecule has 1 amide bonds. The second-order valence-corrected chi connectivity index (χ2v) is 9.83. The van der Waals surface area contributed by atoms with Crippen LogP contribution in [0.15, 0.2) is 60.3 Å². The Labute approximate surface area is 226 Å². The van der Waals surface area contributed by atoms with Crippen molar-refractivity contribution in [1.29, 1.82) is 0 Å². The highest BCUT2D eigenvalue weighted by molar-refractivity contribution is 7.99. The first-order chi connectivity index (χ1) is 17.8. The summed E-state index contributed by atoms with van der Waals surface area (Å²) in [5.74, 6) is 1.02. The van der Waals surface area contributed by atoms with Gasteiger partial charge in [-0.1, -0.05) is 41.6 Å². The van der Waals surface area contributed by atoms with Crippen LogP contribution in [0.25, 0.3) is 0 Å². The summed E-state index contributed by atoms with van der Waals surface area (Å²) in [5, 5.41) is 12.4. The van der Waals surface area contributed by atoms with Gasteiger partial charge in [-0.2, -0.15) is 0 Å². The van der Waals surface area contributed by atoms with E-state index in [0.717, 1.165) is 30.8 Å². The predicted molar refractivity (Wildman–Crippen MR) is 147 cm³/mol. The molecule has 0 saturated heterocycles. The van der Waals surface area contributed by atoms with Gasteiger partial charge in [-0.25, -0.2) is 4.79 Å². The molecule has 0 saturated carbocycles. The van der Waals surface area contributed by atoms with Crippen molar-refractivity contribution < 1.29 is 19.1 Å². The Morgan fingerprint density at radius 3 is 2.59 bits per heavy atom. The normalized spacial score (nSPS) is 10.8. The van der Waals surface area contributed by atoms with Crippen LogP contribution in [0, 0.1) is 0 Å². The zero-order valence-corrected chi connectivity index (χ0v) is 22.8. The first kappa shape index (κ1) is 28.3. The molecule has 0 atom stereocenters. The van der Waals surface area contributed by atoms with Gasteiger partial charge in [0, 0.05) is 13.0 Å². The minimum Gasteiger partial charge on any atom is -0.497 e. The number of esters is 1. The molecule has 0 radical (unpaired) electrons. The van der Waals surface area contributed by atoms with E-state index in [0.29, 0.717) is 28.0 Å². The molecule has 0 spiro atoms. The van der Waals surface area contributed by atoms with E-state index in [1.165, 1.54) is 23.4 Å². The number of aromatic nitrogens is 3. The minimum absolute atomic E-state index is 0.0954. The first-order valence-electron chi connectivity index (χ1n) is 11.9. The summed E-state index contributed by atoms with van der Waals surface area (Å²) in [4.78, 5) is 24.8. The summed E-state index contributed by atoms with van der Waals surface area (Å²) in [5.41, 5.74) is 1.88. The van der Waals surface area contributed by atoms with Crippen LogP contribution in [0.4, 0.5) is 5.69 Å². The number of hydrogen-bond acceptors (Lipinski definition) is 7. The number of nitrogens with one attached hydrogen (secondary N) is 1. The second kappa shape index (κ2) is 13.9. The average molecular weight is 543 g/mol. The van der Waals surface area contributed by atoms with Gasteiger partial charge in [-0.05, 0) is 62.6 Å². The van der Waals surface area contributed by atoms with Crippen molar-refractivity contribution >= 4 is 40.9 Å². The molecule has 10 heteroatoms. The molecular formula is C27H31ClN4O4S. The lowest BCUT2D eigenvalue weighted by Crippen LogP contribution is -2.16. The fourth-order valence-electron chi connectivity index (χ4n) is 3.51. The first-order valence-corrected chi connectivity index (χ1v) is 13.3. The molecule has 8 nitrogen and oxygen atoms in total. The molecule has 1 aromatic heterocycles. The Bertz CT molecular complexity index is 1230. The van der Waals surface area contributed by atoms with Gasteiger partial charge >= 0.3 is 5.97 Å². The summed E-state index contributed by atoms with van der Waals surface area (Å²) in [6.45, 7) is 7.91. The number of halogens is 1. The fourth-order valence-corrected chi connectivity index (χ4v) is 4.44. The third kappa shape index (κ3) is 8.36. The van der Waals surface area contributed by atoms with Crippen molar-refractivity contribution in [2.45, 2.75) is 50.9 Å². The lowest BCUT2D eigenvalue weighted by molar-refractivity contribution is -0.113. The molecule has 0 bridgehead atoms. The number of carbonyl (C=O) groups excluding carboxylic acids is 2. The van der Waals surface area contributed by atoms with Gasteiger partial charge in [0.15, 0.2) is 5.16 Å². The average Bonchev–Trinajstić information content (AvgIpc) is 3.25. The number of thioether (sulfide) groups is 1. The number of anilines is 1. The molecule has 0 aliphatic carbocycles. The molecule has 196 valence electrons. The summed E-state index contributed by atoms with van der Waals surface area (Å²) in [7, 11) is 1.65. The third-order valence-electron chi connectivity index (χ3n) is 5.28. The highest BCUT2D eigenvalue weighted by Crippen LogP contribution is 2.25. The number of allylic oxidation sites excluding steroid dienone is 1. The number of methoxy groups -OCH3 is 1. The van der Waals surface area contributed by atoms with E-state index < -0.39 is 5.97 Å².